The van der Waals surface area contributed by atoms with Gasteiger partial charge in [0.05, 0.1) is 39.1 Å². The Balaban J connectivity index is 1.34. The van der Waals surface area contributed by atoms with E-state index in [4.69, 9.17) is 28.4 Å². The van der Waals surface area contributed by atoms with Crippen molar-refractivity contribution >= 4 is 5.97 Å². The van der Waals surface area contributed by atoms with Crippen LogP contribution in [-0.2, 0) is 53.0 Å². The van der Waals surface area contributed by atoms with Gasteiger partial charge in [-0.2, -0.15) is 0 Å². The predicted octanol–water partition coefficient (Wildman–Crippen LogP) is 5.60. The molecule has 3 aromatic rings. The Kier molecular flexibility index (Phi) is 9.97. The third-order valence-corrected chi connectivity index (χ3v) is 7.31. The van der Waals surface area contributed by atoms with Gasteiger partial charge in [-0.05, 0) is 23.1 Å². The first kappa shape index (κ1) is 28.5. The van der Waals surface area contributed by atoms with Crippen molar-refractivity contribution in [3.63, 3.8) is 0 Å². The van der Waals surface area contributed by atoms with Crippen molar-refractivity contribution in [2.24, 2.45) is 0 Å². The summed E-state index contributed by atoms with van der Waals surface area (Å²) in [5.41, 5.74) is 3.25. The van der Waals surface area contributed by atoms with Crippen molar-refractivity contribution in [1.29, 1.82) is 0 Å². The van der Waals surface area contributed by atoms with Crippen molar-refractivity contribution in [2.45, 2.75) is 76.2 Å². The van der Waals surface area contributed by atoms with E-state index in [0.29, 0.717) is 45.7 Å². The molecular formula is C33H38O7. The van der Waals surface area contributed by atoms with Crippen molar-refractivity contribution in [3.05, 3.63) is 108 Å². The zero-order chi connectivity index (χ0) is 27.6. The van der Waals surface area contributed by atoms with E-state index in [2.05, 4.69) is 12.1 Å². The molecule has 2 aliphatic rings. The zero-order valence-electron chi connectivity index (χ0n) is 23.0. The van der Waals surface area contributed by atoms with Crippen LogP contribution in [0, 0.1) is 0 Å². The van der Waals surface area contributed by atoms with Gasteiger partial charge in [-0.25, -0.2) is 0 Å². The number of carbonyl (C=O) groups excluding carboxylic acids is 1. The molecule has 7 heteroatoms. The van der Waals surface area contributed by atoms with Gasteiger partial charge >= 0.3 is 5.97 Å². The quantitative estimate of drug-likeness (QED) is 0.290. The van der Waals surface area contributed by atoms with Crippen LogP contribution in [-0.4, -0.2) is 49.4 Å². The molecule has 0 N–H and O–H groups in total. The minimum Gasteiger partial charge on any atom is -0.460 e. The van der Waals surface area contributed by atoms with Crippen LogP contribution >= 0.6 is 0 Å². The summed E-state index contributed by atoms with van der Waals surface area (Å²) in [6.07, 6.45) is 0.353. The Morgan fingerprint density at radius 1 is 0.825 bits per heavy atom. The molecule has 0 aromatic heterocycles. The van der Waals surface area contributed by atoms with E-state index in [1.807, 2.05) is 78.9 Å². The standard InChI is InChI=1S/C33H38O7/c1-25(34)39-29-17-18-33(38-23-29)19-30(36-21-27-13-7-3-8-14-27)32(37-22-28-15-9-4-10-16-28)31(40-33)24-35-20-26-11-5-2-6-12-26/h2-16,29-32H,17-24H2,1H3/t29-,30+,31+,32-,33-/m0/s1. The summed E-state index contributed by atoms with van der Waals surface area (Å²) in [4.78, 5) is 11.5. The fourth-order valence-electron chi connectivity index (χ4n) is 5.32. The minimum atomic E-state index is -0.870. The molecule has 0 aliphatic carbocycles. The van der Waals surface area contributed by atoms with Crippen LogP contribution in [0.2, 0.25) is 0 Å². The predicted molar refractivity (Wildman–Crippen MR) is 149 cm³/mol. The number of hydrogen-bond donors (Lipinski definition) is 0. The van der Waals surface area contributed by atoms with Gasteiger partial charge < -0.3 is 28.4 Å². The molecule has 2 aliphatic heterocycles. The molecule has 5 atom stereocenters. The van der Waals surface area contributed by atoms with Gasteiger partial charge in [0.25, 0.3) is 0 Å². The van der Waals surface area contributed by atoms with Gasteiger partial charge in [-0.3, -0.25) is 4.79 Å². The Morgan fingerprint density at radius 3 is 1.95 bits per heavy atom. The van der Waals surface area contributed by atoms with E-state index < -0.39 is 11.9 Å². The average Bonchev–Trinajstić information content (AvgIpc) is 2.98. The lowest BCUT2D eigenvalue weighted by atomic mass is 9.90. The van der Waals surface area contributed by atoms with E-state index >= 15 is 0 Å². The summed E-state index contributed by atoms with van der Waals surface area (Å²) < 4.78 is 37.7. The van der Waals surface area contributed by atoms with Gasteiger partial charge in [0.15, 0.2) is 5.79 Å². The molecule has 7 nitrogen and oxygen atoms in total. The Bertz CT molecular complexity index is 1160. The number of esters is 1. The van der Waals surface area contributed by atoms with Gasteiger partial charge in [0.2, 0.25) is 0 Å². The van der Waals surface area contributed by atoms with Crippen LogP contribution < -0.4 is 0 Å². The van der Waals surface area contributed by atoms with E-state index in [-0.39, 0.29) is 30.9 Å². The van der Waals surface area contributed by atoms with E-state index in [1.54, 1.807) is 0 Å². The third kappa shape index (κ3) is 7.99. The molecule has 1 spiro atoms. The largest absolute Gasteiger partial charge is 0.460 e. The topological polar surface area (TPSA) is 72.5 Å². The molecule has 2 heterocycles. The van der Waals surface area contributed by atoms with Crippen LogP contribution in [0.4, 0.5) is 0 Å². The summed E-state index contributed by atoms with van der Waals surface area (Å²) in [5.74, 6) is -1.18. The minimum absolute atomic E-state index is 0.276. The van der Waals surface area contributed by atoms with Gasteiger partial charge in [-0.1, -0.05) is 91.0 Å². The number of rotatable bonds is 11. The van der Waals surface area contributed by atoms with Crippen LogP contribution in [0.1, 0.15) is 42.9 Å². The summed E-state index contributed by atoms with van der Waals surface area (Å²) in [6, 6.07) is 30.3. The molecule has 0 radical (unpaired) electrons. The highest BCUT2D eigenvalue weighted by atomic mass is 16.7. The van der Waals surface area contributed by atoms with Crippen molar-refractivity contribution < 1.29 is 33.2 Å². The molecule has 5 rings (SSSR count). The molecule has 0 amide bonds. The molecule has 0 saturated carbocycles. The first-order valence-electron chi connectivity index (χ1n) is 14.0. The van der Waals surface area contributed by atoms with E-state index in [0.717, 1.165) is 16.7 Å². The zero-order valence-corrected chi connectivity index (χ0v) is 23.0. The third-order valence-electron chi connectivity index (χ3n) is 7.31. The molecule has 0 unspecified atom stereocenters. The van der Waals surface area contributed by atoms with Crippen LogP contribution in [0.3, 0.4) is 0 Å². The van der Waals surface area contributed by atoms with Crippen LogP contribution in [0.5, 0.6) is 0 Å². The Labute approximate surface area is 236 Å². The Morgan fingerprint density at radius 2 is 1.40 bits per heavy atom. The first-order valence-corrected chi connectivity index (χ1v) is 14.0. The number of carbonyl (C=O) groups is 1. The lowest BCUT2D eigenvalue weighted by Gasteiger charge is -2.50. The number of ether oxygens (including phenoxy) is 6. The monoisotopic (exact) mass is 546 g/mol. The lowest BCUT2D eigenvalue weighted by Crippen LogP contribution is -2.60. The van der Waals surface area contributed by atoms with Gasteiger partial charge in [0.1, 0.15) is 18.3 Å². The second-order valence-electron chi connectivity index (χ2n) is 10.4. The molecule has 212 valence electrons. The van der Waals surface area contributed by atoms with E-state index in [1.165, 1.54) is 6.92 Å². The second kappa shape index (κ2) is 14.0. The highest BCUT2D eigenvalue weighted by molar-refractivity contribution is 5.66. The van der Waals surface area contributed by atoms with Crippen molar-refractivity contribution in [1.82, 2.24) is 0 Å². The summed E-state index contributed by atoms with van der Waals surface area (Å²) >= 11 is 0. The maximum absolute atomic E-state index is 11.5. The fourth-order valence-corrected chi connectivity index (χ4v) is 5.32. The molecular weight excluding hydrogens is 508 g/mol. The second-order valence-corrected chi connectivity index (χ2v) is 10.4. The maximum atomic E-state index is 11.5. The fraction of sp³-hybridized carbons (Fsp3) is 0.424. The average molecular weight is 547 g/mol. The molecule has 40 heavy (non-hydrogen) atoms. The summed E-state index contributed by atoms with van der Waals surface area (Å²) in [5, 5.41) is 0. The maximum Gasteiger partial charge on any atom is 0.302 e. The Hall–Kier alpha value is -3.07. The summed E-state index contributed by atoms with van der Waals surface area (Å²) in [6.45, 7) is 3.35. The lowest BCUT2D eigenvalue weighted by molar-refractivity contribution is -0.353. The van der Waals surface area contributed by atoms with Crippen molar-refractivity contribution in [3.8, 4) is 0 Å². The van der Waals surface area contributed by atoms with Crippen LogP contribution in [0.25, 0.3) is 0 Å². The first-order chi connectivity index (χ1) is 19.6. The molecule has 2 fully saturated rings. The van der Waals surface area contributed by atoms with Gasteiger partial charge in [-0.15, -0.1) is 0 Å². The number of hydrogen-bond acceptors (Lipinski definition) is 7. The highest BCUT2D eigenvalue weighted by Gasteiger charge is 2.51. The molecule has 3 aromatic carbocycles. The van der Waals surface area contributed by atoms with Gasteiger partial charge in [0, 0.05) is 19.8 Å². The SMILES string of the molecule is CC(=O)O[C@H]1CC[C@]2(C[C@@H](OCc3ccccc3)[C@H](OCc3ccccc3)[C@@H](COCc3ccccc3)O2)OC1. The summed E-state index contributed by atoms with van der Waals surface area (Å²) in [7, 11) is 0. The smallest absolute Gasteiger partial charge is 0.302 e. The molecule has 2 saturated heterocycles. The highest BCUT2D eigenvalue weighted by Crippen LogP contribution is 2.40. The van der Waals surface area contributed by atoms with Crippen molar-refractivity contribution in [2.75, 3.05) is 13.2 Å². The normalized spacial score (nSPS) is 26.4. The number of benzene rings is 3. The molecule has 0 bridgehead atoms. The van der Waals surface area contributed by atoms with E-state index in [9.17, 15) is 4.79 Å². The van der Waals surface area contributed by atoms with Crippen LogP contribution in [0.15, 0.2) is 91.0 Å².